The summed E-state index contributed by atoms with van der Waals surface area (Å²) in [4.78, 5) is 0. The molecule has 23 heavy (non-hydrogen) atoms. The first-order valence-electron chi connectivity index (χ1n) is 6.76. The van der Waals surface area contributed by atoms with Crippen LogP contribution in [0.1, 0.15) is 31.1 Å². The number of aromatic nitrogens is 3. The molecule has 0 aliphatic carbocycles. The predicted octanol–water partition coefficient (Wildman–Crippen LogP) is 4.03. The fourth-order valence-corrected chi connectivity index (χ4v) is 3.48. The Labute approximate surface area is 139 Å². The highest BCUT2D eigenvalue weighted by atomic mass is 79.9. The number of alkyl halides is 3. The van der Waals surface area contributed by atoms with E-state index in [9.17, 15) is 13.2 Å². The van der Waals surface area contributed by atoms with Crippen LogP contribution < -0.4 is 10.1 Å². The van der Waals surface area contributed by atoms with Gasteiger partial charge in [0, 0.05) is 6.07 Å². The van der Waals surface area contributed by atoms with E-state index >= 15 is 0 Å². The zero-order valence-corrected chi connectivity index (χ0v) is 14.4. The molecule has 5 nitrogen and oxygen atoms in total. The van der Waals surface area contributed by atoms with Crippen LogP contribution in [0.25, 0.3) is 5.69 Å². The molecule has 3 rings (SSSR count). The van der Waals surface area contributed by atoms with E-state index in [2.05, 4.69) is 31.4 Å². The molecule has 0 amide bonds. The summed E-state index contributed by atoms with van der Waals surface area (Å²) >= 11 is 3.02. The number of hydrogen-bond acceptors (Lipinski definition) is 4. The second kappa shape index (κ2) is 4.86. The Hall–Kier alpha value is -1.77. The number of aryl methyl sites for hydroxylation is 1. The standard InChI is InChI=1S/C14H14BrF3N4O/c1-6-20-21-12-13(2,3)19-7-5-8(23-4)10(15)9(14(16,17)18)11(7)22(6)12/h5,19H,1-4H3. The van der Waals surface area contributed by atoms with Crippen LogP contribution in [0.4, 0.5) is 18.9 Å². The van der Waals surface area contributed by atoms with Crippen LogP contribution >= 0.6 is 15.9 Å². The molecule has 2 heterocycles. The summed E-state index contributed by atoms with van der Waals surface area (Å²) in [5.74, 6) is 0.914. The first-order valence-corrected chi connectivity index (χ1v) is 7.56. The lowest BCUT2D eigenvalue weighted by atomic mass is 9.97. The number of methoxy groups -OCH3 is 1. The highest BCUT2D eigenvalue weighted by molar-refractivity contribution is 9.10. The molecule has 1 aromatic carbocycles. The van der Waals surface area contributed by atoms with E-state index in [1.807, 2.05) is 13.8 Å². The summed E-state index contributed by atoms with van der Waals surface area (Å²) in [5.41, 5.74) is -1.20. The quantitative estimate of drug-likeness (QED) is 0.798. The van der Waals surface area contributed by atoms with Crippen molar-refractivity contribution in [1.29, 1.82) is 0 Å². The van der Waals surface area contributed by atoms with E-state index in [0.29, 0.717) is 17.3 Å². The van der Waals surface area contributed by atoms with Crippen molar-refractivity contribution in [3.8, 4) is 11.4 Å². The molecule has 1 aromatic heterocycles. The van der Waals surface area contributed by atoms with Gasteiger partial charge in [0.15, 0.2) is 5.82 Å². The van der Waals surface area contributed by atoms with Gasteiger partial charge < -0.3 is 10.1 Å². The number of nitrogens with zero attached hydrogens (tertiary/aromatic N) is 3. The van der Waals surface area contributed by atoms with E-state index in [4.69, 9.17) is 4.74 Å². The maximum atomic E-state index is 13.7. The van der Waals surface area contributed by atoms with Gasteiger partial charge in [0.1, 0.15) is 11.6 Å². The molecule has 0 bridgehead atoms. The third kappa shape index (κ3) is 2.29. The molecule has 2 aromatic rings. The molecule has 0 fully saturated rings. The lowest BCUT2D eigenvalue weighted by Crippen LogP contribution is -2.37. The minimum Gasteiger partial charge on any atom is -0.495 e. The van der Waals surface area contributed by atoms with Gasteiger partial charge >= 0.3 is 6.18 Å². The maximum absolute atomic E-state index is 13.7. The van der Waals surface area contributed by atoms with Gasteiger partial charge in [-0.25, -0.2) is 0 Å². The molecule has 124 valence electrons. The van der Waals surface area contributed by atoms with Gasteiger partial charge in [-0.15, -0.1) is 10.2 Å². The van der Waals surface area contributed by atoms with Crippen LogP contribution in [-0.4, -0.2) is 21.9 Å². The molecule has 9 heteroatoms. The third-order valence-corrected chi connectivity index (χ3v) is 4.55. The second-order valence-corrected chi connectivity index (χ2v) is 6.61. The van der Waals surface area contributed by atoms with Crippen molar-refractivity contribution in [2.75, 3.05) is 12.4 Å². The number of benzene rings is 1. The van der Waals surface area contributed by atoms with Crippen molar-refractivity contribution in [3.63, 3.8) is 0 Å². The second-order valence-electron chi connectivity index (χ2n) is 5.82. The Kier molecular flexibility index (Phi) is 3.40. The number of halogens is 4. The normalized spacial score (nSPS) is 15.7. The van der Waals surface area contributed by atoms with Crippen LogP contribution in [0, 0.1) is 6.92 Å². The number of nitrogens with one attached hydrogen (secondary N) is 1. The first kappa shape index (κ1) is 16.1. The Morgan fingerprint density at radius 3 is 2.52 bits per heavy atom. The largest absolute Gasteiger partial charge is 0.495 e. The Morgan fingerprint density at radius 1 is 1.30 bits per heavy atom. The van der Waals surface area contributed by atoms with Gasteiger partial charge in [0.25, 0.3) is 0 Å². The van der Waals surface area contributed by atoms with Crippen LogP contribution in [-0.2, 0) is 11.7 Å². The van der Waals surface area contributed by atoms with Crippen molar-refractivity contribution in [1.82, 2.24) is 14.8 Å². The molecular formula is C14H14BrF3N4O. The van der Waals surface area contributed by atoms with Crippen molar-refractivity contribution < 1.29 is 17.9 Å². The van der Waals surface area contributed by atoms with Crippen LogP contribution in [0.15, 0.2) is 10.5 Å². The Balaban J connectivity index is 2.46. The zero-order chi connectivity index (χ0) is 17.2. The number of hydrogen-bond donors (Lipinski definition) is 1. The van der Waals surface area contributed by atoms with E-state index in [1.165, 1.54) is 11.7 Å². The minimum absolute atomic E-state index is 0.0259. The SMILES string of the molecule is COc1cc2c(c(C(F)(F)F)c1Br)-n1c(C)nnc1C(C)(C)N2. The Morgan fingerprint density at radius 2 is 1.96 bits per heavy atom. The van der Waals surface area contributed by atoms with E-state index in [-0.39, 0.29) is 15.9 Å². The van der Waals surface area contributed by atoms with Crippen molar-refractivity contribution in [2.24, 2.45) is 0 Å². The molecule has 0 spiro atoms. The summed E-state index contributed by atoms with van der Waals surface area (Å²) in [7, 11) is 1.33. The van der Waals surface area contributed by atoms with Gasteiger partial charge in [0.05, 0.1) is 34.1 Å². The van der Waals surface area contributed by atoms with Gasteiger partial charge in [-0.3, -0.25) is 4.57 Å². The van der Waals surface area contributed by atoms with E-state index in [1.54, 1.807) is 13.0 Å². The third-order valence-electron chi connectivity index (χ3n) is 3.76. The maximum Gasteiger partial charge on any atom is 0.419 e. The average molecular weight is 391 g/mol. The molecule has 0 saturated carbocycles. The first-order chi connectivity index (χ1) is 10.6. The smallest absolute Gasteiger partial charge is 0.419 e. The lowest BCUT2D eigenvalue weighted by Gasteiger charge is -2.35. The molecule has 1 aliphatic heterocycles. The van der Waals surface area contributed by atoms with Crippen molar-refractivity contribution in [2.45, 2.75) is 32.5 Å². The van der Waals surface area contributed by atoms with Gasteiger partial charge in [-0.1, -0.05) is 0 Å². The highest BCUT2D eigenvalue weighted by Crippen LogP contribution is 2.50. The lowest BCUT2D eigenvalue weighted by molar-refractivity contribution is -0.138. The Bertz CT molecular complexity index is 798. The molecule has 0 atom stereocenters. The zero-order valence-electron chi connectivity index (χ0n) is 12.8. The van der Waals surface area contributed by atoms with Crippen molar-refractivity contribution >= 4 is 21.6 Å². The average Bonchev–Trinajstić information content (AvgIpc) is 2.80. The van der Waals surface area contributed by atoms with Gasteiger partial charge in [-0.2, -0.15) is 13.2 Å². The molecule has 0 saturated heterocycles. The monoisotopic (exact) mass is 390 g/mol. The molecule has 0 radical (unpaired) electrons. The van der Waals surface area contributed by atoms with E-state index in [0.717, 1.165) is 0 Å². The number of fused-ring (bicyclic) bond motifs is 3. The fourth-order valence-electron chi connectivity index (χ4n) is 2.79. The summed E-state index contributed by atoms with van der Waals surface area (Å²) < 4.78 is 47.5. The van der Waals surface area contributed by atoms with Crippen LogP contribution in [0.5, 0.6) is 5.75 Å². The van der Waals surface area contributed by atoms with Gasteiger partial charge in [0.2, 0.25) is 0 Å². The topological polar surface area (TPSA) is 52.0 Å². The summed E-state index contributed by atoms with van der Waals surface area (Å²) in [6.07, 6.45) is -4.57. The number of ether oxygens (including phenoxy) is 1. The fraction of sp³-hybridized carbons (Fsp3) is 0.429. The predicted molar refractivity (Wildman–Crippen MR) is 82.0 cm³/mol. The molecule has 1 aliphatic rings. The molecular weight excluding hydrogens is 377 g/mol. The summed E-state index contributed by atoms with van der Waals surface area (Å²) in [5, 5.41) is 11.1. The highest BCUT2D eigenvalue weighted by Gasteiger charge is 2.44. The molecule has 1 N–H and O–H groups in total. The number of anilines is 1. The van der Waals surface area contributed by atoms with Crippen molar-refractivity contribution in [3.05, 3.63) is 27.8 Å². The van der Waals surface area contributed by atoms with E-state index < -0.39 is 17.3 Å². The summed E-state index contributed by atoms with van der Waals surface area (Å²) in [6.45, 7) is 5.29. The van der Waals surface area contributed by atoms with Crippen LogP contribution in [0.3, 0.4) is 0 Å². The van der Waals surface area contributed by atoms with Crippen LogP contribution in [0.2, 0.25) is 0 Å². The van der Waals surface area contributed by atoms with Gasteiger partial charge in [-0.05, 0) is 36.7 Å². The molecule has 0 unspecified atom stereocenters. The summed E-state index contributed by atoms with van der Waals surface area (Å²) in [6, 6.07) is 1.54. The number of rotatable bonds is 1. The minimum atomic E-state index is -4.57.